The van der Waals surface area contributed by atoms with Gasteiger partial charge in [-0.15, -0.1) is 0 Å². The number of hydrogen-bond acceptors (Lipinski definition) is 5. The number of methoxy groups -OCH3 is 1. The third-order valence-electron chi connectivity index (χ3n) is 4.01. The van der Waals surface area contributed by atoms with E-state index in [-0.39, 0.29) is 16.1 Å². The Morgan fingerprint density at radius 1 is 1.23 bits per heavy atom. The monoisotopic (exact) mass is 394 g/mol. The molecule has 2 amide bonds. The highest BCUT2D eigenvalue weighted by atomic mass is 35.5. The van der Waals surface area contributed by atoms with Crippen molar-refractivity contribution < 1.29 is 22.7 Å². The molecule has 0 radical (unpaired) electrons. The Morgan fingerprint density at radius 2 is 1.92 bits per heavy atom. The van der Waals surface area contributed by atoms with Crippen molar-refractivity contribution in [2.24, 2.45) is 0 Å². The minimum absolute atomic E-state index is 0.0486. The summed E-state index contributed by atoms with van der Waals surface area (Å²) < 4.78 is 31.0. The lowest BCUT2D eigenvalue weighted by atomic mass is 10.2. The molecule has 0 aromatic heterocycles. The Balaban J connectivity index is 1.91. The summed E-state index contributed by atoms with van der Waals surface area (Å²) in [6.45, 7) is 1.34. The van der Waals surface area contributed by atoms with Gasteiger partial charge in [0.2, 0.25) is 5.91 Å². The van der Waals surface area contributed by atoms with E-state index in [4.69, 9.17) is 16.3 Å². The van der Waals surface area contributed by atoms with E-state index in [0.717, 1.165) is 0 Å². The summed E-state index contributed by atoms with van der Waals surface area (Å²) in [5.74, 6) is -1.06. The number of carbonyl (C=O) groups excluding carboxylic acids is 2. The lowest BCUT2D eigenvalue weighted by Crippen LogP contribution is -2.45. The normalized spacial score (nSPS) is 16.1. The van der Waals surface area contributed by atoms with Crippen molar-refractivity contribution in [3.05, 3.63) is 53.1 Å². The quantitative estimate of drug-likeness (QED) is 0.860. The number of halogens is 1. The summed E-state index contributed by atoms with van der Waals surface area (Å²) in [6.07, 6.45) is 0. The first-order valence-corrected chi connectivity index (χ1v) is 9.41. The van der Waals surface area contributed by atoms with E-state index in [1.807, 2.05) is 0 Å². The number of carbonyl (C=O) groups is 2. The van der Waals surface area contributed by atoms with E-state index in [1.54, 1.807) is 18.2 Å². The van der Waals surface area contributed by atoms with Crippen molar-refractivity contribution in [2.75, 3.05) is 12.4 Å². The summed E-state index contributed by atoms with van der Waals surface area (Å²) >= 11 is 5.93. The van der Waals surface area contributed by atoms with Crippen LogP contribution in [-0.4, -0.2) is 37.7 Å². The molecule has 26 heavy (non-hydrogen) atoms. The number of ether oxygens (including phenoxy) is 1. The lowest BCUT2D eigenvalue weighted by molar-refractivity contribution is -0.118. The van der Waals surface area contributed by atoms with Gasteiger partial charge in [-0.3, -0.25) is 9.59 Å². The number of rotatable bonds is 4. The molecule has 1 N–H and O–H groups in total. The Kier molecular flexibility index (Phi) is 4.64. The first-order valence-electron chi connectivity index (χ1n) is 7.59. The van der Waals surface area contributed by atoms with Crippen LogP contribution in [0.4, 0.5) is 5.69 Å². The smallest absolute Gasteiger partial charge is 0.269 e. The molecule has 2 aromatic rings. The largest absolute Gasteiger partial charge is 0.495 e. The Hall–Kier alpha value is -2.58. The summed E-state index contributed by atoms with van der Waals surface area (Å²) in [4.78, 5) is 25.0. The van der Waals surface area contributed by atoms with Crippen molar-refractivity contribution in [2.45, 2.75) is 17.9 Å². The number of hydrogen-bond donors (Lipinski definition) is 1. The number of nitrogens with one attached hydrogen (secondary N) is 1. The van der Waals surface area contributed by atoms with Crippen LogP contribution in [0.15, 0.2) is 47.4 Å². The SMILES string of the molecule is COc1ccc(Cl)cc1NC(=O)C(C)N1C(=O)c2ccccc2S1(=O)=O. The number of benzene rings is 2. The van der Waals surface area contributed by atoms with Crippen molar-refractivity contribution in [3.8, 4) is 5.75 Å². The van der Waals surface area contributed by atoms with Crippen LogP contribution < -0.4 is 10.1 Å². The Morgan fingerprint density at radius 3 is 2.58 bits per heavy atom. The first-order chi connectivity index (χ1) is 12.3. The van der Waals surface area contributed by atoms with Gasteiger partial charge in [-0.05, 0) is 37.3 Å². The van der Waals surface area contributed by atoms with Crippen molar-refractivity contribution >= 4 is 39.1 Å². The second kappa shape index (κ2) is 6.62. The van der Waals surface area contributed by atoms with E-state index in [2.05, 4.69) is 5.32 Å². The number of anilines is 1. The molecular formula is C17H15ClN2O5S. The summed E-state index contributed by atoms with van der Waals surface area (Å²) in [7, 11) is -2.67. The lowest BCUT2D eigenvalue weighted by Gasteiger charge is -2.22. The molecule has 0 bridgehead atoms. The van der Waals surface area contributed by atoms with Crippen LogP contribution in [0.5, 0.6) is 5.75 Å². The standard InChI is InChI=1S/C17H15ClN2O5S/c1-10(16(21)19-13-9-11(18)7-8-14(13)25-2)20-17(22)12-5-3-4-6-15(12)26(20,23)24/h3-10H,1-2H3,(H,19,21). The van der Waals surface area contributed by atoms with Crippen LogP contribution in [0.2, 0.25) is 5.02 Å². The summed E-state index contributed by atoms with van der Waals surface area (Å²) in [6, 6.07) is 9.21. The van der Waals surface area contributed by atoms with Crippen molar-refractivity contribution in [1.29, 1.82) is 0 Å². The van der Waals surface area contributed by atoms with Crippen molar-refractivity contribution in [1.82, 2.24) is 4.31 Å². The predicted molar refractivity (Wildman–Crippen MR) is 95.9 cm³/mol. The third-order valence-corrected chi connectivity index (χ3v) is 6.15. The van der Waals surface area contributed by atoms with E-state index >= 15 is 0 Å². The van der Waals surface area contributed by atoms with Crippen LogP contribution in [0.1, 0.15) is 17.3 Å². The average molecular weight is 395 g/mol. The minimum Gasteiger partial charge on any atom is -0.495 e. The number of nitrogens with zero attached hydrogens (tertiary/aromatic N) is 1. The van der Waals surface area contributed by atoms with Gasteiger partial charge in [-0.2, -0.15) is 0 Å². The molecule has 1 atom stereocenters. The van der Waals surface area contributed by atoms with Crippen molar-refractivity contribution in [3.63, 3.8) is 0 Å². The molecule has 2 aromatic carbocycles. The van der Waals surface area contributed by atoms with Gasteiger partial charge in [0.1, 0.15) is 16.7 Å². The van der Waals surface area contributed by atoms with Gasteiger partial charge in [0.25, 0.3) is 15.9 Å². The summed E-state index contributed by atoms with van der Waals surface area (Å²) in [5, 5.41) is 2.92. The zero-order valence-corrected chi connectivity index (χ0v) is 15.5. The van der Waals surface area contributed by atoms with Crippen LogP contribution >= 0.6 is 11.6 Å². The third kappa shape index (κ3) is 2.91. The van der Waals surface area contributed by atoms with E-state index in [0.29, 0.717) is 15.1 Å². The molecule has 0 spiro atoms. The number of amides is 2. The van der Waals surface area contributed by atoms with Gasteiger partial charge in [0, 0.05) is 5.02 Å². The highest BCUT2D eigenvalue weighted by molar-refractivity contribution is 7.90. The molecule has 0 aliphatic carbocycles. The molecule has 0 fully saturated rings. The Bertz CT molecular complexity index is 1010. The van der Waals surface area contributed by atoms with Crippen LogP contribution in [0.3, 0.4) is 0 Å². The molecule has 0 saturated carbocycles. The topological polar surface area (TPSA) is 92.8 Å². The minimum atomic E-state index is -4.09. The molecule has 3 rings (SSSR count). The maximum Gasteiger partial charge on any atom is 0.269 e. The maximum absolute atomic E-state index is 12.6. The average Bonchev–Trinajstić information content (AvgIpc) is 2.81. The second-order valence-corrected chi connectivity index (χ2v) is 7.83. The zero-order valence-electron chi connectivity index (χ0n) is 13.9. The molecule has 7 nitrogen and oxygen atoms in total. The molecule has 0 saturated heterocycles. The molecule has 9 heteroatoms. The van der Waals surface area contributed by atoms with Crippen LogP contribution in [0.25, 0.3) is 0 Å². The van der Waals surface area contributed by atoms with Crippen LogP contribution in [-0.2, 0) is 14.8 Å². The number of sulfonamides is 1. The van der Waals surface area contributed by atoms with Gasteiger partial charge in [-0.25, -0.2) is 12.7 Å². The van der Waals surface area contributed by atoms with Gasteiger partial charge in [0.15, 0.2) is 0 Å². The summed E-state index contributed by atoms with van der Waals surface area (Å²) in [5.41, 5.74) is 0.325. The fourth-order valence-electron chi connectivity index (χ4n) is 2.71. The molecular weight excluding hydrogens is 380 g/mol. The van der Waals surface area contributed by atoms with Gasteiger partial charge in [0.05, 0.1) is 18.4 Å². The van der Waals surface area contributed by atoms with E-state index < -0.39 is 27.9 Å². The van der Waals surface area contributed by atoms with E-state index in [1.165, 1.54) is 38.3 Å². The van der Waals surface area contributed by atoms with E-state index in [9.17, 15) is 18.0 Å². The first kappa shape index (κ1) is 18.2. The fourth-order valence-corrected chi connectivity index (χ4v) is 4.60. The second-order valence-electron chi connectivity index (χ2n) is 5.61. The zero-order chi connectivity index (χ0) is 19.1. The molecule has 1 aliphatic rings. The highest BCUT2D eigenvalue weighted by Crippen LogP contribution is 2.33. The molecule has 1 heterocycles. The van der Waals surface area contributed by atoms with Gasteiger partial charge < -0.3 is 10.1 Å². The van der Waals surface area contributed by atoms with Gasteiger partial charge >= 0.3 is 0 Å². The predicted octanol–water partition coefficient (Wildman–Crippen LogP) is 2.52. The maximum atomic E-state index is 12.6. The molecule has 1 unspecified atom stereocenters. The molecule has 136 valence electrons. The highest BCUT2D eigenvalue weighted by Gasteiger charge is 2.45. The molecule has 1 aliphatic heterocycles. The number of fused-ring (bicyclic) bond motifs is 1. The Labute approximate surface area is 155 Å². The fraction of sp³-hybridized carbons (Fsp3) is 0.176. The van der Waals surface area contributed by atoms with Crippen LogP contribution in [0, 0.1) is 0 Å². The van der Waals surface area contributed by atoms with Gasteiger partial charge in [-0.1, -0.05) is 23.7 Å².